The first-order valence-electron chi connectivity index (χ1n) is 2.44. The van der Waals surface area contributed by atoms with Crippen molar-refractivity contribution in [1.29, 1.82) is 0 Å². The van der Waals surface area contributed by atoms with Gasteiger partial charge in [0.25, 0.3) is 0 Å². The van der Waals surface area contributed by atoms with E-state index in [9.17, 15) is 4.48 Å². The molecule has 0 saturated heterocycles. The second kappa shape index (κ2) is 1.90. The highest BCUT2D eigenvalue weighted by molar-refractivity contribution is 4.93. The van der Waals surface area contributed by atoms with Gasteiger partial charge in [-0.05, 0) is 6.07 Å². The van der Waals surface area contributed by atoms with Crippen molar-refractivity contribution in [3.05, 3.63) is 30.1 Å². The van der Waals surface area contributed by atoms with Crippen LogP contribution in [-0.2, 0) is 0 Å². The van der Waals surface area contributed by atoms with Crippen LogP contribution in [0.2, 0.25) is 0 Å². The maximum Gasteiger partial charge on any atom is 0.227 e. The molecule has 1 nitrogen and oxygen atoms in total. The maximum atomic E-state index is 12.2. The quantitative estimate of drug-likeness (QED) is 0.471. The van der Waals surface area contributed by atoms with Crippen molar-refractivity contribution in [2.24, 2.45) is 0 Å². The highest BCUT2D eigenvalue weighted by atomic mass is 19.2. The van der Waals surface area contributed by atoms with Crippen LogP contribution in [-0.4, -0.2) is 0 Å². The highest BCUT2D eigenvalue weighted by Gasteiger charge is 1.98. The van der Waals surface area contributed by atoms with Crippen LogP contribution < -0.4 is 4.79 Å². The Bertz CT molecular complexity index is 165. The first-order chi connectivity index (χ1) is 3.80. The molecule has 0 aliphatic heterocycles. The van der Waals surface area contributed by atoms with Gasteiger partial charge in [0.1, 0.15) is 0 Å². The summed E-state index contributed by atoms with van der Waals surface area (Å²) < 4.78 is 12.2. The van der Waals surface area contributed by atoms with E-state index in [1.54, 1.807) is 25.1 Å². The number of hydrogen-bond donors (Lipinski definition) is 0. The van der Waals surface area contributed by atoms with Gasteiger partial charge in [-0.3, -0.25) is 0 Å². The molecule has 1 aromatic heterocycles. The van der Waals surface area contributed by atoms with E-state index < -0.39 is 0 Å². The summed E-state index contributed by atoms with van der Waals surface area (Å²) in [7, 11) is 0. The molecule has 0 fully saturated rings. The summed E-state index contributed by atoms with van der Waals surface area (Å²) in [6.07, 6.45) is 1.37. The van der Waals surface area contributed by atoms with Crippen molar-refractivity contribution in [3.63, 3.8) is 0 Å². The Balaban J connectivity index is 3.13. The molecule has 0 N–H and O–H groups in total. The molecule has 0 atom stereocenters. The summed E-state index contributed by atoms with van der Waals surface area (Å²) in [5.74, 6) is 0. The first kappa shape index (κ1) is 5.22. The van der Waals surface area contributed by atoms with E-state index in [1.165, 1.54) is 6.20 Å². The SMILES string of the molecule is Cc1cccc[n+]1F. The lowest BCUT2D eigenvalue weighted by Crippen LogP contribution is -2.24. The molecule has 8 heavy (non-hydrogen) atoms. The number of hydrogen-bond acceptors (Lipinski definition) is 0. The Kier molecular flexibility index (Phi) is 1.24. The van der Waals surface area contributed by atoms with E-state index in [-0.39, 0.29) is 0 Å². The fourth-order valence-electron chi connectivity index (χ4n) is 0.509. The van der Waals surface area contributed by atoms with Crippen LogP contribution in [0, 0.1) is 6.92 Å². The van der Waals surface area contributed by atoms with Gasteiger partial charge in [0, 0.05) is 23.8 Å². The van der Waals surface area contributed by atoms with E-state index in [0.29, 0.717) is 10.5 Å². The summed E-state index contributed by atoms with van der Waals surface area (Å²) in [4.78, 5) is 0.583. The van der Waals surface area contributed by atoms with E-state index in [2.05, 4.69) is 0 Å². The summed E-state index contributed by atoms with van der Waals surface area (Å²) in [6, 6.07) is 5.15. The number of pyridine rings is 1. The van der Waals surface area contributed by atoms with Gasteiger partial charge in [0.2, 0.25) is 11.9 Å². The predicted octanol–water partition coefficient (Wildman–Crippen LogP) is 1.02. The molecule has 1 aromatic rings. The first-order valence-corrected chi connectivity index (χ1v) is 2.44. The van der Waals surface area contributed by atoms with Gasteiger partial charge in [-0.25, -0.2) is 0 Å². The van der Waals surface area contributed by atoms with E-state index in [1.807, 2.05) is 0 Å². The molecule has 0 amide bonds. The Morgan fingerprint density at radius 2 is 2.25 bits per heavy atom. The summed E-state index contributed by atoms with van der Waals surface area (Å²) in [5, 5.41) is 0. The van der Waals surface area contributed by atoms with Gasteiger partial charge in [-0.15, -0.1) is 0 Å². The van der Waals surface area contributed by atoms with Crippen LogP contribution in [0.3, 0.4) is 0 Å². The largest absolute Gasteiger partial charge is 0.227 e. The number of rotatable bonds is 0. The number of aromatic nitrogens is 1. The van der Waals surface area contributed by atoms with Gasteiger partial charge in [0.15, 0.2) is 0 Å². The van der Waals surface area contributed by atoms with Gasteiger partial charge < -0.3 is 0 Å². The summed E-state index contributed by atoms with van der Waals surface area (Å²) >= 11 is 0. The molecule has 0 bridgehead atoms. The summed E-state index contributed by atoms with van der Waals surface area (Å²) in [5.41, 5.74) is 0.618. The van der Waals surface area contributed by atoms with Crippen molar-refractivity contribution in [3.8, 4) is 0 Å². The maximum absolute atomic E-state index is 12.2. The van der Waals surface area contributed by atoms with Gasteiger partial charge >= 0.3 is 0 Å². The number of aryl methyl sites for hydroxylation is 1. The molecule has 0 aliphatic carbocycles. The van der Waals surface area contributed by atoms with E-state index >= 15 is 0 Å². The average Bonchev–Trinajstić information content (AvgIpc) is 1.77. The zero-order chi connectivity index (χ0) is 5.98. The normalized spacial score (nSPS) is 9.25. The third-order valence-electron chi connectivity index (χ3n) is 1.00. The Hall–Kier alpha value is -0.920. The lowest BCUT2D eigenvalue weighted by Gasteiger charge is -1.79. The van der Waals surface area contributed by atoms with Crippen LogP contribution in [0.15, 0.2) is 24.4 Å². The minimum Gasteiger partial charge on any atom is -0.0498 e. The second-order valence-electron chi connectivity index (χ2n) is 1.65. The molecule has 0 spiro atoms. The van der Waals surface area contributed by atoms with E-state index in [0.717, 1.165) is 0 Å². The monoisotopic (exact) mass is 112 g/mol. The van der Waals surface area contributed by atoms with Crippen LogP contribution in [0.4, 0.5) is 4.48 Å². The van der Waals surface area contributed by atoms with Crippen LogP contribution in [0.5, 0.6) is 0 Å². The fraction of sp³-hybridized carbons (Fsp3) is 0.167. The predicted molar refractivity (Wildman–Crippen MR) is 27.9 cm³/mol. The highest BCUT2D eigenvalue weighted by Crippen LogP contribution is 1.85. The molecule has 0 radical (unpaired) electrons. The molecule has 0 aromatic carbocycles. The zero-order valence-corrected chi connectivity index (χ0v) is 4.63. The Morgan fingerprint density at radius 3 is 2.62 bits per heavy atom. The fourth-order valence-corrected chi connectivity index (χ4v) is 0.509. The molecule has 0 saturated carbocycles. The molecule has 0 unspecified atom stereocenters. The third-order valence-corrected chi connectivity index (χ3v) is 1.00. The smallest absolute Gasteiger partial charge is 0.0498 e. The minimum atomic E-state index is 0.583. The van der Waals surface area contributed by atoms with Gasteiger partial charge in [-0.2, -0.15) is 0 Å². The third kappa shape index (κ3) is 0.832. The molecule has 1 rings (SSSR count). The van der Waals surface area contributed by atoms with Crippen molar-refractivity contribution in [2.75, 3.05) is 0 Å². The molecule has 0 aliphatic rings. The molecule has 2 heteroatoms. The lowest BCUT2D eigenvalue weighted by atomic mass is 10.4. The summed E-state index contributed by atoms with van der Waals surface area (Å²) in [6.45, 7) is 1.71. The molecule has 1 heterocycles. The number of nitrogens with zero attached hydrogens (tertiary/aromatic N) is 1. The van der Waals surface area contributed by atoms with Crippen molar-refractivity contribution >= 4 is 0 Å². The van der Waals surface area contributed by atoms with Gasteiger partial charge in [0.05, 0.1) is 4.48 Å². The molecular weight excluding hydrogens is 105 g/mol. The second-order valence-corrected chi connectivity index (χ2v) is 1.65. The minimum absolute atomic E-state index is 0.583. The Labute approximate surface area is 47.3 Å². The van der Waals surface area contributed by atoms with Crippen molar-refractivity contribution in [2.45, 2.75) is 6.92 Å². The molecular formula is C6H7FN+. The van der Waals surface area contributed by atoms with Crippen LogP contribution in [0.25, 0.3) is 0 Å². The van der Waals surface area contributed by atoms with Crippen molar-refractivity contribution < 1.29 is 9.27 Å². The van der Waals surface area contributed by atoms with Gasteiger partial charge in [-0.1, -0.05) is 0 Å². The zero-order valence-electron chi connectivity index (χ0n) is 4.63. The Morgan fingerprint density at radius 1 is 1.50 bits per heavy atom. The molecule has 42 valence electrons. The van der Waals surface area contributed by atoms with Crippen molar-refractivity contribution in [1.82, 2.24) is 0 Å². The van der Waals surface area contributed by atoms with Crippen LogP contribution >= 0.6 is 0 Å². The average molecular weight is 112 g/mol. The van der Waals surface area contributed by atoms with E-state index in [4.69, 9.17) is 0 Å². The van der Waals surface area contributed by atoms with Crippen LogP contribution in [0.1, 0.15) is 5.69 Å². The standard InChI is InChI=1S/C6H7FN/c1-6-4-2-3-5-8(6)7/h2-5H,1H3/q+1. The topological polar surface area (TPSA) is 3.88 Å². The lowest BCUT2D eigenvalue weighted by molar-refractivity contribution is -0.848. The number of halogens is 1.